The summed E-state index contributed by atoms with van der Waals surface area (Å²) in [5.74, 6) is 0.412. The van der Waals surface area contributed by atoms with Gasteiger partial charge in [-0.1, -0.05) is 20.8 Å². The summed E-state index contributed by atoms with van der Waals surface area (Å²) in [4.78, 5) is 11.6. The second kappa shape index (κ2) is 4.12. The van der Waals surface area contributed by atoms with Gasteiger partial charge in [0.05, 0.1) is 7.11 Å². The largest absolute Gasteiger partial charge is 0.467 e. The monoisotopic (exact) mass is 214 g/mol. The molecule has 0 aromatic rings. The van der Waals surface area contributed by atoms with E-state index in [1.54, 1.807) is 0 Å². The second-order valence-corrected chi connectivity index (χ2v) is 4.94. The third-order valence-electron chi connectivity index (χ3n) is 3.42. The van der Waals surface area contributed by atoms with Gasteiger partial charge in [-0.05, 0) is 32.1 Å². The average Bonchev–Trinajstić information content (AvgIpc) is 2.82. The van der Waals surface area contributed by atoms with Crippen molar-refractivity contribution in [2.75, 3.05) is 7.11 Å². The molecule has 3 heteroatoms. The average molecular weight is 214 g/mol. The summed E-state index contributed by atoms with van der Waals surface area (Å²) in [7, 11) is 1.42. The zero-order valence-corrected chi connectivity index (χ0v) is 10.4. The van der Waals surface area contributed by atoms with Crippen molar-refractivity contribution in [3.8, 4) is 0 Å². The standard InChI is InChI=1S/C12H22O3/c1-6-12(10(13)14-5)11(4,15-12)8-7-9(2)3/h9H,6-8H2,1-5H3. The van der Waals surface area contributed by atoms with Crippen LogP contribution in [0.1, 0.15) is 47.0 Å². The molecule has 0 N–H and O–H groups in total. The van der Waals surface area contributed by atoms with Gasteiger partial charge in [-0.25, -0.2) is 4.79 Å². The number of methoxy groups -OCH3 is 1. The number of rotatable bonds is 5. The first-order valence-corrected chi connectivity index (χ1v) is 5.70. The Morgan fingerprint density at radius 3 is 2.47 bits per heavy atom. The Labute approximate surface area is 92.1 Å². The molecule has 1 saturated heterocycles. The van der Waals surface area contributed by atoms with Crippen molar-refractivity contribution in [1.29, 1.82) is 0 Å². The van der Waals surface area contributed by atoms with E-state index in [1.807, 2.05) is 13.8 Å². The van der Waals surface area contributed by atoms with E-state index in [4.69, 9.17) is 9.47 Å². The number of hydrogen-bond donors (Lipinski definition) is 0. The molecule has 1 aliphatic heterocycles. The molecule has 1 aliphatic rings. The van der Waals surface area contributed by atoms with E-state index in [9.17, 15) is 4.79 Å². The van der Waals surface area contributed by atoms with Crippen molar-refractivity contribution in [2.45, 2.75) is 58.2 Å². The summed E-state index contributed by atoms with van der Waals surface area (Å²) in [5, 5.41) is 0. The van der Waals surface area contributed by atoms with Crippen molar-refractivity contribution in [3.05, 3.63) is 0 Å². The lowest BCUT2D eigenvalue weighted by atomic mass is 9.86. The predicted molar refractivity (Wildman–Crippen MR) is 58.6 cm³/mol. The Morgan fingerprint density at radius 1 is 1.47 bits per heavy atom. The highest BCUT2D eigenvalue weighted by Gasteiger charge is 2.71. The molecule has 0 bridgehead atoms. The molecular formula is C12H22O3. The fourth-order valence-electron chi connectivity index (χ4n) is 2.19. The molecule has 3 nitrogen and oxygen atoms in total. The van der Waals surface area contributed by atoms with E-state index in [-0.39, 0.29) is 11.6 Å². The van der Waals surface area contributed by atoms with Gasteiger partial charge in [-0.15, -0.1) is 0 Å². The van der Waals surface area contributed by atoms with E-state index in [0.29, 0.717) is 12.3 Å². The quantitative estimate of drug-likeness (QED) is 0.521. The van der Waals surface area contributed by atoms with E-state index in [0.717, 1.165) is 12.8 Å². The number of carbonyl (C=O) groups excluding carboxylic acids is 1. The zero-order chi connectivity index (χ0) is 11.7. The number of epoxide rings is 1. The van der Waals surface area contributed by atoms with Crippen LogP contribution in [0, 0.1) is 5.92 Å². The Balaban J connectivity index is 2.62. The molecule has 0 saturated carbocycles. The van der Waals surface area contributed by atoms with E-state index >= 15 is 0 Å². The van der Waals surface area contributed by atoms with E-state index < -0.39 is 5.60 Å². The molecule has 0 aliphatic carbocycles. The van der Waals surface area contributed by atoms with Gasteiger partial charge in [0, 0.05) is 0 Å². The van der Waals surface area contributed by atoms with Crippen LogP contribution >= 0.6 is 0 Å². The summed E-state index contributed by atoms with van der Waals surface area (Å²) >= 11 is 0. The topological polar surface area (TPSA) is 38.8 Å². The molecule has 1 fully saturated rings. The van der Waals surface area contributed by atoms with Crippen LogP contribution in [-0.2, 0) is 14.3 Å². The van der Waals surface area contributed by atoms with Crippen LogP contribution in [0.15, 0.2) is 0 Å². The first-order valence-electron chi connectivity index (χ1n) is 5.70. The smallest absolute Gasteiger partial charge is 0.341 e. The van der Waals surface area contributed by atoms with Gasteiger partial charge in [0.2, 0.25) is 0 Å². The van der Waals surface area contributed by atoms with Crippen molar-refractivity contribution in [1.82, 2.24) is 0 Å². The number of ether oxygens (including phenoxy) is 2. The summed E-state index contributed by atoms with van der Waals surface area (Å²) in [6, 6.07) is 0. The Bertz CT molecular complexity index is 249. The molecule has 0 aromatic carbocycles. The third kappa shape index (κ3) is 2.03. The highest BCUT2D eigenvalue weighted by Crippen LogP contribution is 2.54. The Morgan fingerprint density at radius 2 is 2.07 bits per heavy atom. The molecule has 1 rings (SSSR count). The fraction of sp³-hybridized carbons (Fsp3) is 0.917. The maximum Gasteiger partial charge on any atom is 0.341 e. The predicted octanol–water partition coefficient (Wildman–Crippen LogP) is 2.53. The van der Waals surface area contributed by atoms with Crippen molar-refractivity contribution in [3.63, 3.8) is 0 Å². The van der Waals surface area contributed by atoms with Gasteiger partial charge in [0.1, 0.15) is 5.60 Å². The van der Waals surface area contributed by atoms with Gasteiger partial charge in [-0.3, -0.25) is 0 Å². The SMILES string of the molecule is CCC1(C(=O)OC)OC1(C)CCC(C)C. The zero-order valence-electron chi connectivity index (χ0n) is 10.4. The van der Waals surface area contributed by atoms with Crippen LogP contribution in [0.3, 0.4) is 0 Å². The molecule has 2 unspecified atom stereocenters. The summed E-state index contributed by atoms with van der Waals surface area (Å²) in [5.41, 5.74) is -0.976. The number of esters is 1. The lowest BCUT2D eigenvalue weighted by Gasteiger charge is -2.14. The van der Waals surface area contributed by atoms with Gasteiger partial charge >= 0.3 is 5.97 Å². The molecule has 0 radical (unpaired) electrons. The van der Waals surface area contributed by atoms with Crippen molar-refractivity contribution >= 4 is 5.97 Å². The molecule has 0 aromatic heterocycles. The first-order chi connectivity index (χ1) is 6.92. The second-order valence-electron chi connectivity index (χ2n) is 4.94. The molecule has 1 heterocycles. The van der Waals surface area contributed by atoms with Crippen LogP contribution in [0.4, 0.5) is 0 Å². The van der Waals surface area contributed by atoms with Gasteiger partial charge < -0.3 is 9.47 Å². The molecular weight excluding hydrogens is 192 g/mol. The maximum atomic E-state index is 11.6. The summed E-state index contributed by atoms with van der Waals surface area (Å²) in [6.45, 7) is 8.34. The normalized spacial score (nSPS) is 34.3. The van der Waals surface area contributed by atoms with Crippen LogP contribution in [-0.4, -0.2) is 24.3 Å². The van der Waals surface area contributed by atoms with Crippen LogP contribution in [0.25, 0.3) is 0 Å². The van der Waals surface area contributed by atoms with E-state index in [2.05, 4.69) is 13.8 Å². The minimum Gasteiger partial charge on any atom is -0.467 e. The van der Waals surface area contributed by atoms with Gasteiger partial charge in [0.25, 0.3) is 0 Å². The van der Waals surface area contributed by atoms with Crippen LogP contribution in [0.2, 0.25) is 0 Å². The van der Waals surface area contributed by atoms with Gasteiger partial charge in [0.15, 0.2) is 5.60 Å². The fourth-order valence-corrected chi connectivity index (χ4v) is 2.19. The minimum absolute atomic E-state index is 0.226. The lowest BCUT2D eigenvalue weighted by Crippen LogP contribution is -2.33. The van der Waals surface area contributed by atoms with Crippen molar-refractivity contribution < 1.29 is 14.3 Å². The van der Waals surface area contributed by atoms with Crippen LogP contribution in [0.5, 0.6) is 0 Å². The molecule has 88 valence electrons. The Hall–Kier alpha value is -0.570. The molecule has 0 spiro atoms. The van der Waals surface area contributed by atoms with Crippen LogP contribution < -0.4 is 0 Å². The summed E-state index contributed by atoms with van der Waals surface area (Å²) < 4.78 is 10.5. The number of hydrogen-bond acceptors (Lipinski definition) is 3. The maximum absolute atomic E-state index is 11.6. The molecule has 15 heavy (non-hydrogen) atoms. The molecule has 2 atom stereocenters. The minimum atomic E-state index is -0.670. The first kappa shape index (κ1) is 12.5. The Kier molecular flexibility index (Phi) is 3.44. The van der Waals surface area contributed by atoms with Crippen molar-refractivity contribution in [2.24, 2.45) is 5.92 Å². The summed E-state index contributed by atoms with van der Waals surface area (Å²) in [6.07, 6.45) is 2.69. The van der Waals surface area contributed by atoms with E-state index in [1.165, 1.54) is 7.11 Å². The molecule has 0 amide bonds. The third-order valence-corrected chi connectivity index (χ3v) is 3.42. The highest BCUT2D eigenvalue weighted by atomic mass is 16.7. The number of carbonyl (C=O) groups is 1. The highest BCUT2D eigenvalue weighted by molar-refractivity contribution is 5.84. The van der Waals surface area contributed by atoms with Gasteiger partial charge in [-0.2, -0.15) is 0 Å². The lowest BCUT2D eigenvalue weighted by molar-refractivity contribution is -0.147.